The van der Waals surface area contributed by atoms with Crippen molar-refractivity contribution in [3.8, 4) is 0 Å². The van der Waals surface area contributed by atoms with Crippen molar-refractivity contribution in [3.63, 3.8) is 0 Å². The van der Waals surface area contributed by atoms with Crippen LogP contribution in [0.4, 0.5) is 0 Å². The zero-order chi connectivity index (χ0) is 27.6. The standard InChI is InChI=1S/C18H26O12Se/c1-13(23)30-10-11-31-15(25)17(27,3-6-20)18(28,4-7-21)16(26,2-5-19)14(24)12-29-9-8-22/h5-8,14,24,26-28H,2-4,9-12H2,1H3/t14-,16-,17+,18+/m1/s1/i5D,6D,7D,8D. The van der Waals surface area contributed by atoms with Crippen LogP contribution in [0.25, 0.3) is 0 Å². The van der Waals surface area contributed by atoms with Gasteiger partial charge in [-0.3, -0.25) is 0 Å². The van der Waals surface area contributed by atoms with E-state index in [1.807, 2.05) is 0 Å². The van der Waals surface area contributed by atoms with Crippen molar-refractivity contribution in [2.75, 3.05) is 19.8 Å². The fourth-order valence-electron chi connectivity index (χ4n) is 2.69. The zero-order valence-corrected chi connectivity index (χ0v) is 18.2. The number of rotatable bonds is 18. The number of esters is 1. The van der Waals surface area contributed by atoms with Gasteiger partial charge >= 0.3 is 189 Å². The molecule has 13 heteroatoms. The first kappa shape index (κ1) is 22.3. The third kappa shape index (κ3) is 7.07. The van der Waals surface area contributed by atoms with Crippen molar-refractivity contribution in [2.45, 2.75) is 54.4 Å². The van der Waals surface area contributed by atoms with Gasteiger partial charge in [0.25, 0.3) is 0 Å². The molecule has 0 amide bonds. The minimum atomic E-state index is -3.69. The molecule has 0 aromatic carbocycles. The van der Waals surface area contributed by atoms with Crippen LogP contribution in [0, 0.1) is 0 Å². The summed E-state index contributed by atoms with van der Waals surface area (Å²) < 4.78 is 36.2. The summed E-state index contributed by atoms with van der Waals surface area (Å²) >= 11 is -1.44. The second kappa shape index (κ2) is 13.5. The fourth-order valence-corrected chi connectivity index (χ4v) is 4.44. The summed E-state index contributed by atoms with van der Waals surface area (Å²) in [4.78, 5) is 69.5. The van der Waals surface area contributed by atoms with Crippen LogP contribution in [0.1, 0.15) is 31.7 Å². The molecule has 0 radical (unpaired) electrons. The van der Waals surface area contributed by atoms with Gasteiger partial charge in [0.1, 0.15) is 0 Å². The van der Waals surface area contributed by atoms with E-state index in [9.17, 15) is 49.2 Å². The minimum absolute atomic E-state index is 0.238. The number of carbonyl (C=O) groups is 6. The number of hydrogen-bond donors (Lipinski definition) is 4. The molecule has 0 aliphatic carbocycles. The molecule has 0 fully saturated rings. The van der Waals surface area contributed by atoms with Gasteiger partial charge < -0.3 is 0 Å². The second-order valence-electron chi connectivity index (χ2n) is 6.26. The van der Waals surface area contributed by atoms with E-state index >= 15 is 0 Å². The average molecular weight is 517 g/mol. The number of hydrogen-bond acceptors (Lipinski definition) is 12. The molecular formula is C18H26O12Se. The van der Waals surface area contributed by atoms with Gasteiger partial charge in [-0.15, -0.1) is 0 Å². The summed E-state index contributed by atoms with van der Waals surface area (Å²) in [6.45, 7) is -1.34. The molecule has 0 aromatic heterocycles. The first-order valence-electron chi connectivity index (χ1n) is 10.6. The van der Waals surface area contributed by atoms with Gasteiger partial charge in [-0.25, -0.2) is 0 Å². The molecular weight excluding hydrogens is 487 g/mol. The van der Waals surface area contributed by atoms with Crippen molar-refractivity contribution in [2.24, 2.45) is 0 Å². The number of carbonyl (C=O) groups excluding carboxylic acids is 6. The van der Waals surface area contributed by atoms with Crippen LogP contribution >= 0.6 is 0 Å². The topological polar surface area (TPSA) is 202 Å². The Kier molecular flexibility index (Phi) is 9.75. The Labute approximate surface area is 189 Å². The molecule has 4 atom stereocenters. The van der Waals surface area contributed by atoms with Gasteiger partial charge in [0, 0.05) is 0 Å². The van der Waals surface area contributed by atoms with Crippen LogP contribution in [-0.2, 0) is 38.2 Å². The van der Waals surface area contributed by atoms with Crippen molar-refractivity contribution in [3.05, 3.63) is 0 Å². The van der Waals surface area contributed by atoms with E-state index in [4.69, 9.17) is 5.48 Å². The maximum atomic E-state index is 13.0. The Hall–Kier alpha value is -1.86. The molecule has 0 bridgehead atoms. The van der Waals surface area contributed by atoms with E-state index in [0.717, 1.165) is 6.92 Å². The predicted octanol–water partition coefficient (Wildman–Crippen LogP) is -3.26. The van der Waals surface area contributed by atoms with Crippen molar-refractivity contribution in [1.82, 2.24) is 0 Å². The molecule has 0 rings (SSSR count). The Morgan fingerprint density at radius 2 is 1.61 bits per heavy atom. The molecule has 0 spiro atoms. The summed E-state index contributed by atoms with van der Waals surface area (Å²) in [6.07, 6.45) is -13.7. The molecule has 0 saturated heterocycles. The van der Waals surface area contributed by atoms with Gasteiger partial charge in [-0.1, -0.05) is 0 Å². The average Bonchev–Trinajstić information content (AvgIpc) is 2.68. The van der Waals surface area contributed by atoms with Crippen LogP contribution < -0.4 is 0 Å². The van der Waals surface area contributed by atoms with Crippen molar-refractivity contribution >= 4 is 50.7 Å². The molecule has 31 heavy (non-hydrogen) atoms. The van der Waals surface area contributed by atoms with Gasteiger partial charge in [-0.05, 0) is 0 Å². The monoisotopic (exact) mass is 518 g/mol. The zero-order valence-electron chi connectivity index (χ0n) is 20.5. The van der Waals surface area contributed by atoms with E-state index in [2.05, 4.69) is 9.47 Å². The van der Waals surface area contributed by atoms with Crippen LogP contribution in [-0.4, -0.2) is 114 Å². The molecule has 4 N–H and O–H groups in total. The van der Waals surface area contributed by atoms with E-state index in [1.54, 1.807) is 0 Å². The third-order valence-electron chi connectivity index (χ3n) is 4.35. The SMILES string of the molecule is [2H]C(=O)COC[C@@H](O)[C@](O)(CC([2H])=O)[C@@](O)(CC([2H])=O)[C@](O)(CC([2H])=O)C(=O)[Se]CCOC(C)=O. The first-order valence-corrected chi connectivity index (χ1v) is 10.7. The number of aliphatic hydroxyl groups is 4. The van der Waals surface area contributed by atoms with Crippen molar-refractivity contribution < 1.29 is 64.2 Å². The molecule has 0 aliphatic heterocycles. The Morgan fingerprint density at radius 3 is 2.10 bits per heavy atom. The van der Waals surface area contributed by atoms with Crippen LogP contribution in [0.3, 0.4) is 0 Å². The van der Waals surface area contributed by atoms with E-state index in [-0.39, 0.29) is 11.9 Å². The Morgan fingerprint density at radius 1 is 1.03 bits per heavy atom. The molecule has 176 valence electrons. The summed E-state index contributed by atoms with van der Waals surface area (Å²) in [5, 5.41) is 44.0. The van der Waals surface area contributed by atoms with Gasteiger partial charge in [0.15, 0.2) is 0 Å². The summed E-state index contributed by atoms with van der Waals surface area (Å²) in [6, 6.07) is 0. The first-order chi connectivity index (χ1) is 15.9. The van der Waals surface area contributed by atoms with Gasteiger partial charge in [0.05, 0.1) is 0 Å². The molecule has 0 aliphatic rings. The normalized spacial score (nSPS) is 19.6. The summed E-state index contributed by atoms with van der Waals surface area (Å²) in [5.74, 6) is -0.709. The summed E-state index contributed by atoms with van der Waals surface area (Å²) in [5.41, 5.74) is -10.7. The molecule has 0 aromatic rings. The number of aliphatic hydroxyl groups excluding tert-OH is 1. The molecule has 0 heterocycles. The van der Waals surface area contributed by atoms with E-state index in [1.165, 1.54) is 0 Å². The number of ether oxygens (including phenoxy) is 2. The van der Waals surface area contributed by atoms with Crippen molar-refractivity contribution in [1.29, 1.82) is 0 Å². The van der Waals surface area contributed by atoms with Crippen LogP contribution in [0.2, 0.25) is 5.32 Å². The number of aldehydes is 4. The third-order valence-corrected chi connectivity index (χ3v) is 6.38. The second-order valence-corrected chi connectivity index (χ2v) is 8.50. The Bertz CT molecular complexity index is 842. The van der Waals surface area contributed by atoms with Crippen LogP contribution in [0.5, 0.6) is 0 Å². The Balaban J connectivity index is 6.67. The molecule has 0 unspecified atom stereocenters. The molecule has 0 saturated carbocycles. The van der Waals surface area contributed by atoms with E-state index < -0.39 is 106 Å². The van der Waals surface area contributed by atoms with Gasteiger partial charge in [0.2, 0.25) is 0 Å². The fraction of sp³-hybridized carbons (Fsp3) is 0.667. The molecule has 12 nitrogen and oxygen atoms in total. The van der Waals surface area contributed by atoms with E-state index in [0.29, 0.717) is 0 Å². The quantitative estimate of drug-likeness (QED) is 0.0613. The van der Waals surface area contributed by atoms with Gasteiger partial charge in [-0.2, -0.15) is 0 Å². The summed E-state index contributed by atoms with van der Waals surface area (Å²) in [7, 11) is 0. The van der Waals surface area contributed by atoms with Crippen LogP contribution in [0.15, 0.2) is 0 Å². The predicted molar refractivity (Wildman–Crippen MR) is 102 cm³/mol. The maximum absolute atomic E-state index is 13.0.